The zero-order valence-electron chi connectivity index (χ0n) is 19.5. The molecule has 0 spiro atoms. The van der Waals surface area contributed by atoms with Crippen LogP contribution < -0.4 is 14.4 Å². The van der Waals surface area contributed by atoms with E-state index in [1.54, 1.807) is 30.7 Å². The van der Waals surface area contributed by atoms with Crippen molar-refractivity contribution < 1.29 is 14.3 Å². The van der Waals surface area contributed by atoms with E-state index >= 15 is 0 Å². The maximum atomic E-state index is 12.5. The SMILES string of the molecule is CC(C)Oc1cc(N2CCC(Oc3ccc([C@H](C)CC(=O)c4ccncc4)cc3)C2)ccn1. The van der Waals surface area contributed by atoms with Crippen LogP contribution in [0.5, 0.6) is 11.6 Å². The van der Waals surface area contributed by atoms with Gasteiger partial charge in [0.1, 0.15) is 11.9 Å². The molecule has 172 valence electrons. The number of rotatable bonds is 9. The van der Waals surface area contributed by atoms with Crippen molar-refractivity contribution >= 4 is 11.5 Å². The summed E-state index contributed by atoms with van der Waals surface area (Å²) < 4.78 is 12.0. The number of Topliss-reactive ketones (excluding diaryl/α,β-unsaturated/α-hetero) is 1. The van der Waals surface area contributed by atoms with Gasteiger partial charge in [-0.3, -0.25) is 9.78 Å². The summed E-state index contributed by atoms with van der Waals surface area (Å²) in [6.07, 6.45) is 6.76. The molecule has 6 nitrogen and oxygen atoms in total. The lowest BCUT2D eigenvalue weighted by molar-refractivity contribution is 0.0975. The van der Waals surface area contributed by atoms with Crippen molar-refractivity contribution in [3.05, 3.63) is 78.2 Å². The number of pyridine rings is 2. The molecule has 4 rings (SSSR count). The molecule has 1 aromatic carbocycles. The van der Waals surface area contributed by atoms with Gasteiger partial charge in [0.2, 0.25) is 5.88 Å². The van der Waals surface area contributed by atoms with E-state index in [0.29, 0.717) is 17.9 Å². The van der Waals surface area contributed by atoms with E-state index in [1.165, 1.54) is 0 Å². The largest absolute Gasteiger partial charge is 0.489 e. The van der Waals surface area contributed by atoms with Crippen molar-refractivity contribution in [1.29, 1.82) is 0 Å². The Morgan fingerprint density at radius 3 is 2.55 bits per heavy atom. The molecule has 0 bridgehead atoms. The zero-order valence-corrected chi connectivity index (χ0v) is 19.5. The van der Waals surface area contributed by atoms with Gasteiger partial charge >= 0.3 is 0 Å². The fourth-order valence-corrected chi connectivity index (χ4v) is 4.08. The van der Waals surface area contributed by atoms with E-state index in [0.717, 1.165) is 36.5 Å². The first-order valence-electron chi connectivity index (χ1n) is 11.6. The molecular weight excluding hydrogens is 414 g/mol. The number of aromatic nitrogens is 2. The highest BCUT2D eigenvalue weighted by Gasteiger charge is 2.25. The van der Waals surface area contributed by atoms with Crippen LogP contribution in [0.1, 0.15) is 55.5 Å². The molecular formula is C27H31N3O3. The number of benzene rings is 1. The summed E-state index contributed by atoms with van der Waals surface area (Å²) in [5.41, 5.74) is 2.95. The van der Waals surface area contributed by atoms with E-state index in [1.807, 2.05) is 38.1 Å². The van der Waals surface area contributed by atoms with E-state index in [4.69, 9.17) is 9.47 Å². The van der Waals surface area contributed by atoms with Crippen molar-refractivity contribution in [3.63, 3.8) is 0 Å². The van der Waals surface area contributed by atoms with E-state index in [-0.39, 0.29) is 23.9 Å². The molecule has 0 N–H and O–H groups in total. The Morgan fingerprint density at radius 1 is 1.06 bits per heavy atom. The smallest absolute Gasteiger partial charge is 0.215 e. The number of carbonyl (C=O) groups is 1. The predicted octanol–water partition coefficient (Wildman–Crippen LogP) is 5.30. The Morgan fingerprint density at radius 2 is 1.82 bits per heavy atom. The lowest BCUT2D eigenvalue weighted by atomic mass is 9.93. The minimum absolute atomic E-state index is 0.0989. The van der Waals surface area contributed by atoms with Crippen LogP contribution in [0.3, 0.4) is 0 Å². The van der Waals surface area contributed by atoms with Gasteiger partial charge in [-0.05, 0) is 55.7 Å². The normalized spacial score (nSPS) is 16.6. The maximum absolute atomic E-state index is 12.5. The highest BCUT2D eigenvalue weighted by molar-refractivity contribution is 5.96. The van der Waals surface area contributed by atoms with Crippen molar-refractivity contribution in [2.45, 2.75) is 51.7 Å². The van der Waals surface area contributed by atoms with Gasteiger partial charge < -0.3 is 14.4 Å². The number of carbonyl (C=O) groups excluding carboxylic acids is 1. The third-order valence-corrected chi connectivity index (χ3v) is 5.83. The molecule has 33 heavy (non-hydrogen) atoms. The van der Waals surface area contributed by atoms with Crippen LogP contribution in [0.2, 0.25) is 0 Å². The summed E-state index contributed by atoms with van der Waals surface area (Å²) in [6, 6.07) is 15.7. The maximum Gasteiger partial charge on any atom is 0.215 e. The third kappa shape index (κ3) is 6.09. The minimum atomic E-state index is 0.0989. The van der Waals surface area contributed by atoms with Crippen LogP contribution in [0.4, 0.5) is 5.69 Å². The van der Waals surface area contributed by atoms with E-state index < -0.39 is 0 Å². The summed E-state index contributed by atoms with van der Waals surface area (Å²) in [7, 11) is 0. The number of nitrogens with zero attached hydrogens (tertiary/aromatic N) is 3. The van der Waals surface area contributed by atoms with Crippen LogP contribution in [-0.2, 0) is 0 Å². The second-order valence-corrected chi connectivity index (χ2v) is 8.83. The number of ketones is 1. The van der Waals surface area contributed by atoms with Gasteiger partial charge in [-0.2, -0.15) is 0 Å². The minimum Gasteiger partial charge on any atom is -0.489 e. The van der Waals surface area contributed by atoms with Gasteiger partial charge in [0, 0.05) is 55.3 Å². The topological polar surface area (TPSA) is 64.6 Å². The van der Waals surface area contributed by atoms with E-state index in [2.05, 4.69) is 33.9 Å². The molecule has 3 aromatic rings. The Labute approximate surface area is 195 Å². The molecule has 1 aliphatic rings. The first-order chi connectivity index (χ1) is 16.0. The van der Waals surface area contributed by atoms with Gasteiger partial charge in [0.25, 0.3) is 0 Å². The summed E-state index contributed by atoms with van der Waals surface area (Å²) >= 11 is 0. The predicted molar refractivity (Wildman–Crippen MR) is 129 cm³/mol. The average Bonchev–Trinajstić information content (AvgIpc) is 3.28. The van der Waals surface area contributed by atoms with E-state index in [9.17, 15) is 4.79 Å². The fraction of sp³-hybridized carbons (Fsp3) is 0.370. The van der Waals surface area contributed by atoms with Crippen molar-refractivity contribution in [2.24, 2.45) is 0 Å². The highest BCUT2D eigenvalue weighted by atomic mass is 16.5. The molecule has 0 aliphatic carbocycles. The van der Waals surface area contributed by atoms with Crippen molar-refractivity contribution in [1.82, 2.24) is 9.97 Å². The number of anilines is 1. The number of ether oxygens (including phenoxy) is 2. The van der Waals surface area contributed by atoms with Gasteiger partial charge in [-0.15, -0.1) is 0 Å². The van der Waals surface area contributed by atoms with Crippen LogP contribution in [-0.4, -0.2) is 41.0 Å². The second-order valence-electron chi connectivity index (χ2n) is 8.83. The van der Waals surface area contributed by atoms with Crippen LogP contribution in [0.15, 0.2) is 67.1 Å². The first kappa shape index (κ1) is 22.8. The summed E-state index contributed by atoms with van der Waals surface area (Å²) in [4.78, 5) is 23.1. The Bertz CT molecular complexity index is 1050. The first-order valence-corrected chi connectivity index (χ1v) is 11.6. The third-order valence-electron chi connectivity index (χ3n) is 5.83. The molecule has 3 heterocycles. The Balaban J connectivity index is 1.31. The second kappa shape index (κ2) is 10.5. The molecule has 1 unspecified atom stereocenters. The molecule has 6 heteroatoms. The lowest BCUT2D eigenvalue weighted by Gasteiger charge is -2.20. The molecule has 0 amide bonds. The molecule has 1 fully saturated rings. The van der Waals surface area contributed by atoms with Crippen LogP contribution in [0, 0.1) is 0 Å². The molecule has 1 saturated heterocycles. The Hall–Kier alpha value is -3.41. The zero-order chi connectivity index (χ0) is 23.2. The van der Waals surface area contributed by atoms with Gasteiger partial charge in [0.15, 0.2) is 5.78 Å². The van der Waals surface area contributed by atoms with Gasteiger partial charge in [0.05, 0.1) is 12.6 Å². The fourth-order valence-electron chi connectivity index (χ4n) is 4.08. The quantitative estimate of drug-likeness (QED) is 0.417. The number of hydrogen-bond donors (Lipinski definition) is 0. The Kier molecular flexibility index (Phi) is 7.23. The standard InChI is InChI=1S/C27H31N3O3/c1-19(2)32-27-17-23(10-14-29-27)30-15-11-25(18-30)33-24-6-4-21(5-7-24)20(3)16-26(31)22-8-12-28-13-9-22/h4-10,12-14,17,19-20,25H,11,15-16,18H2,1-3H3/t20-,25?/m1/s1. The highest BCUT2D eigenvalue weighted by Crippen LogP contribution is 2.28. The summed E-state index contributed by atoms with van der Waals surface area (Å²) in [6.45, 7) is 7.83. The lowest BCUT2D eigenvalue weighted by Crippen LogP contribution is -2.24. The summed E-state index contributed by atoms with van der Waals surface area (Å²) in [5, 5.41) is 0. The molecule has 0 saturated carbocycles. The van der Waals surface area contributed by atoms with Crippen molar-refractivity contribution in [3.8, 4) is 11.6 Å². The van der Waals surface area contributed by atoms with Crippen LogP contribution >= 0.6 is 0 Å². The molecule has 1 aliphatic heterocycles. The molecule has 2 aromatic heterocycles. The average molecular weight is 446 g/mol. The molecule has 2 atom stereocenters. The van der Waals surface area contributed by atoms with Gasteiger partial charge in [-0.25, -0.2) is 4.98 Å². The monoisotopic (exact) mass is 445 g/mol. The number of hydrogen-bond acceptors (Lipinski definition) is 6. The molecule has 0 radical (unpaired) electrons. The van der Waals surface area contributed by atoms with Crippen molar-refractivity contribution in [2.75, 3.05) is 18.0 Å². The van der Waals surface area contributed by atoms with Gasteiger partial charge in [-0.1, -0.05) is 19.1 Å². The summed E-state index contributed by atoms with van der Waals surface area (Å²) in [5.74, 6) is 1.78. The van der Waals surface area contributed by atoms with Crippen LogP contribution in [0.25, 0.3) is 0 Å².